The van der Waals surface area contributed by atoms with Gasteiger partial charge in [-0.15, -0.1) is 10.2 Å². The third-order valence-corrected chi connectivity index (χ3v) is 3.80. The quantitative estimate of drug-likeness (QED) is 0.865. The molecule has 19 heavy (non-hydrogen) atoms. The van der Waals surface area contributed by atoms with Crippen molar-refractivity contribution in [3.05, 3.63) is 35.7 Å². The van der Waals surface area contributed by atoms with E-state index in [2.05, 4.69) is 16.3 Å². The van der Waals surface area contributed by atoms with Crippen LogP contribution in [-0.4, -0.2) is 25.9 Å². The Labute approximate surface area is 116 Å². The zero-order chi connectivity index (χ0) is 14.0. The highest BCUT2D eigenvalue weighted by Gasteiger charge is 2.17. The first-order chi connectivity index (χ1) is 8.99. The van der Waals surface area contributed by atoms with E-state index in [9.17, 15) is 4.79 Å². The number of benzene rings is 1. The lowest BCUT2D eigenvalue weighted by atomic mass is 10.2. The molecule has 1 heterocycles. The van der Waals surface area contributed by atoms with E-state index in [-0.39, 0.29) is 11.2 Å². The number of carbonyl (C=O) groups is 1. The van der Waals surface area contributed by atoms with E-state index in [4.69, 9.17) is 5.73 Å². The van der Waals surface area contributed by atoms with Gasteiger partial charge >= 0.3 is 0 Å². The Balaban J connectivity index is 2.40. The molecule has 0 spiro atoms. The molecule has 100 valence electrons. The van der Waals surface area contributed by atoms with E-state index in [1.165, 1.54) is 11.8 Å². The van der Waals surface area contributed by atoms with E-state index in [1.54, 1.807) is 6.92 Å². The molecular weight excluding hydrogens is 260 g/mol. The number of aromatic nitrogens is 3. The molecule has 1 aromatic heterocycles. The number of hydrogen-bond donors (Lipinski definition) is 1. The standard InChI is InChI=1S/C13H16N4OS/c1-8-5-4-6-11(7-8)17-10(3)15-16-13(17)19-9(2)12(14)18/h4-7,9H,1-3H3,(H2,14,18)/t9-/m0/s1. The minimum atomic E-state index is -0.360. The number of nitrogens with two attached hydrogens (primary N) is 1. The van der Waals surface area contributed by atoms with Crippen molar-refractivity contribution in [2.75, 3.05) is 0 Å². The lowest BCUT2D eigenvalue weighted by Gasteiger charge is -2.11. The Morgan fingerprint density at radius 2 is 2.11 bits per heavy atom. The van der Waals surface area contributed by atoms with Crippen molar-refractivity contribution >= 4 is 17.7 Å². The van der Waals surface area contributed by atoms with Crippen LogP contribution in [-0.2, 0) is 4.79 Å². The third kappa shape index (κ3) is 2.96. The van der Waals surface area contributed by atoms with Gasteiger partial charge in [-0.1, -0.05) is 23.9 Å². The molecule has 2 N–H and O–H groups in total. The summed E-state index contributed by atoms with van der Waals surface area (Å²) in [5.74, 6) is 0.422. The van der Waals surface area contributed by atoms with Crippen LogP contribution in [0.25, 0.3) is 5.69 Å². The van der Waals surface area contributed by atoms with Gasteiger partial charge in [-0.05, 0) is 38.5 Å². The van der Waals surface area contributed by atoms with Crippen molar-refractivity contribution < 1.29 is 4.79 Å². The maximum absolute atomic E-state index is 11.2. The predicted octanol–water partition coefficient (Wildman–Crippen LogP) is 1.85. The van der Waals surface area contributed by atoms with E-state index in [0.717, 1.165) is 17.1 Å². The van der Waals surface area contributed by atoms with Gasteiger partial charge in [0.15, 0.2) is 5.16 Å². The normalized spacial score (nSPS) is 12.4. The maximum Gasteiger partial charge on any atom is 0.230 e. The fourth-order valence-electron chi connectivity index (χ4n) is 1.70. The van der Waals surface area contributed by atoms with Crippen molar-refractivity contribution in [3.63, 3.8) is 0 Å². The van der Waals surface area contributed by atoms with Gasteiger partial charge in [-0.25, -0.2) is 0 Å². The molecule has 1 atom stereocenters. The summed E-state index contributed by atoms with van der Waals surface area (Å²) in [6.45, 7) is 5.67. The van der Waals surface area contributed by atoms with E-state index < -0.39 is 0 Å². The zero-order valence-corrected chi connectivity index (χ0v) is 11.9. The van der Waals surface area contributed by atoms with E-state index in [1.807, 2.05) is 36.6 Å². The average Bonchev–Trinajstić information content (AvgIpc) is 2.70. The molecule has 2 aromatic rings. The van der Waals surface area contributed by atoms with Crippen LogP contribution in [0.4, 0.5) is 0 Å². The molecule has 0 aliphatic rings. The van der Waals surface area contributed by atoms with Gasteiger partial charge in [-0.3, -0.25) is 9.36 Å². The highest BCUT2D eigenvalue weighted by atomic mass is 32.2. The molecule has 0 saturated heterocycles. The second-order valence-corrected chi connectivity index (χ2v) is 5.67. The Kier molecular flexibility index (Phi) is 3.90. The minimum absolute atomic E-state index is 0.341. The SMILES string of the molecule is Cc1cccc(-n2c(C)nnc2S[C@@H](C)C(N)=O)c1. The van der Waals surface area contributed by atoms with Gasteiger partial charge in [0.25, 0.3) is 0 Å². The number of rotatable bonds is 4. The highest BCUT2D eigenvalue weighted by Crippen LogP contribution is 2.25. The van der Waals surface area contributed by atoms with Gasteiger partial charge in [0.2, 0.25) is 5.91 Å². The Morgan fingerprint density at radius 1 is 1.37 bits per heavy atom. The molecule has 0 radical (unpaired) electrons. The lowest BCUT2D eigenvalue weighted by molar-refractivity contribution is -0.117. The minimum Gasteiger partial charge on any atom is -0.369 e. The molecule has 5 nitrogen and oxygen atoms in total. The predicted molar refractivity (Wildman–Crippen MR) is 75.3 cm³/mol. The smallest absolute Gasteiger partial charge is 0.230 e. The van der Waals surface area contributed by atoms with Crippen LogP contribution in [0.1, 0.15) is 18.3 Å². The molecule has 2 rings (SSSR count). The summed E-state index contributed by atoms with van der Waals surface area (Å²) in [6, 6.07) is 8.05. The van der Waals surface area contributed by atoms with Crippen molar-refractivity contribution in [1.82, 2.24) is 14.8 Å². The third-order valence-electron chi connectivity index (χ3n) is 2.74. The van der Waals surface area contributed by atoms with Crippen LogP contribution in [0.3, 0.4) is 0 Å². The summed E-state index contributed by atoms with van der Waals surface area (Å²) >= 11 is 1.31. The number of primary amides is 1. The summed E-state index contributed by atoms with van der Waals surface area (Å²) < 4.78 is 1.93. The number of thioether (sulfide) groups is 1. The Morgan fingerprint density at radius 3 is 2.74 bits per heavy atom. The average molecular weight is 276 g/mol. The second-order valence-electron chi connectivity index (χ2n) is 4.37. The van der Waals surface area contributed by atoms with Crippen LogP contribution in [0.5, 0.6) is 0 Å². The van der Waals surface area contributed by atoms with Crippen LogP contribution in [0, 0.1) is 13.8 Å². The van der Waals surface area contributed by atoms with E-state index in [0.29, 0.717) is 5.16 Å². The zero-order valence-electron chi connectivity index (χ0n) is 11.1. The molecule has 1 amide bonds. The summed E-state index contributed by atoms with van der Waals surface area (Å²) in [4.78, 5) is 11.2. The van der Waals surface area contributed by atoms with Crippen molar-refractivity contribution in [3.8, 4) is 5.69 Å². The number of hydrogen-bond acceptors (Lipinski definition) is 4. The first kappa shape index (κ1) is 13.6. The van der Waals surface area contributed by atoms with E-state index >= 15 is 0 Å². The second kappa shape index (κ2) is 5.44. The first-order valence-electron chi connectivity index (χ1n) is 5.94. The summed E-state index contributed by atoms with van der Waals surface area (Å²) in [5, 5.41) is 8.52. The number of amides is 1. The van der Waals surface area contributed by atoms with Gasteiger partial charge in [0, 0.05) is 5.69 Å². The van der Waals surface area contributed by atoms with Gasteiger partial charge in [0.1, 0.15) is 5.82 Å². The monoisotopic (exact) mass is 276 g/mol. The molecule has 1 aromatic carbocycles. The number of nitrogens with zero attached hydrogens (tertiary/aromatic N) is 3. The largest absolute Gasteiger partial charge is 0.369 e. The van der Waals surface area contributed by atoms with Gasteiger partial charge < -0.3 is 5.73 Å². The summed E-state index contributed by atoms with van der Waals surface area (Å²) in [5.41, 5.74) is 7.43. The fraction of sp³-hybridized carbons (Fsp3) is 0.308. The molecule has 0 bridgehead atoms. The van der Waals surface area contributed by atoms with Gasteiger partial charge in [-0.2, -0.15) is 0 Å². The molecule has 0 aliphatic heterocycles. The topological polar surface area (TPSA) is 73.8 Å². The van der Waals surface area contributed by atoms with Crippen LogP contribution in [0.15, 0.2) is 29.4 Å². The van der Waals surface area contributed by atoms with Crippen molar-refractivity contribution in [2.45, 2.75) is 31.2 Å². The van der Waals surface area contributed by atoms with Gasteiger partial charge in [0.05, 0.1) is 5.25 Å². The molecule has 6 heteroatoms. The highest BCUT2D eigenvalue weighted by molar-refractivity contribution is 8.00. The van der Waals surface area contributed by atoms with Crippen LogP contribution >= 0.6 is 11.8 Å². The lowest BCUT2D eigenvalue weighted by Crippen LogP contribution is -2.23. The molecule has 0 aliphatic carbocycles. The Bertz CT molecular complexity index is 608. The maximum atomic E-state index is 11.2. The number of aryl methyl sites for hydroxylation is 2. The molecule has 0 saturated carbocycles. The summed E-state index contributed by atoms with van der Waals surface area (Å²) in [7, 11) is 0. The number of carbonyl (C=O) groups excluding carboxylic acids is 1. The van der Waals surface area contributed by atoms with Crippen molar-refractivity contribution in [2.24, 2.45) is 5.73 Å². The van der Waals surface area contributed by atoms with Crippen LogP contribution < -0.4 is 5.73 Å². The van der Waals surface area contributed by atoms with Crippen LogP contribution in [0.2, 0.25) is 0 Å². The first-order valence-corrected chi connectivity index (χ1v) is 6.82. The molecular formula is C13H16N4OS. The fourth-order valence-corrected chi connectivity index (χ4v) is 2.56. The Hall–Kier alpha value is -1.82. The van der Waals surface area contributed by atoms with Crippen molar-refractivity contribution in [1.29, 1.82) is 0 Å². The molecule has 0 unspecified atom stereocenters. The summed E-state index contributed by atoms with van der Waals surface area (Å²) in [6.07, 6.45) is 0. The molecule has 0 fully saturated rings.